The Morgan fingerprint density at radius 3 is 2.68 bits per heavy atom. The summed E-state index contributed by atoms with van der Waals surface area (Å²) in [4.78, 5) is 26.8. The van der Waals surface area contributed by atoms with E-state index >= 15 is 0 Å². The predicted octanol–water partition coefficient (Wildman–Crippen LogP) is 4.41. The molecule has 142 valence electrons. The minimum absolute atomic E-state index is 0.173. The smallest absolute Gasteiger partial charge is 0.338 e. The fourth-order valence-electron chi connectivity index (χ4n) is 3.53. The Balaban J connectivity index is 1.79. The first-order chi connectivity index (χ1) is 13.5. The number of carbonyl (C=O) groups excluding carboxylic acids is 2. The number of esters is 1. The molecule has 0 fully saturated rings. The molecule has 1 amide bonds. The summed E-state index contributed by atoms with van der Waals surface area (Å²) in [6.45, 7) is 4.00. The van der Waals surface area contributed by atoms with Gasteiger partial charge in [0.05, 0.1) is 18.2 Å². The van der Waals surface area contributed by atoms with Gasteiger partial charge in [0.1, 0.15) is 0 Å². The number of H-pyrrole nitrogens is 1. The van der Waals surface area contributed by atoms with Crippen LogP contribution in [0.4, 0.5) is 5.69 Å². The van der Waals surface area contributed by atoms with Gasteiger partial charge in [0.15, 0.2) is 5.69 Å². The van der Waals surface area contributed by atoms with Crippen LogP contribution in [0.25, 0.3) is 0 Å². The van der Waals surface area contributed by atoms with E-state index < -0.39 is 0 Å². The molecule has 3 aromatic rings. The standard InChI is InChI=1S/C21H18BrN3O3/c1-3-28-21(27)13-7-9-16(10-8-13)25-19(14-5-4-6-15(22)11-14)17-12(2)23-24-18(17)20(25)26/h4-11,19H,3H2,1-2H3,(H,23,24)/t19-/m1/s1. The molecule has 2 heterocycles. The molecule has 0 bridgehead atoms. The molecule has 0 aliphatic carbocycles. The van der Waals surface area contributed by atoms with Gasteiger partial charge >= 0.3 is 5.97 Å². The zero-order valence-corrected chi connectivity index (χ0v) is 17.0. The molecule has 1 aromatic heterocycles. The van der Waals surface area contributed by atoms with Gasteiger partial charge in [-0.05, 0) is 55.8 Å². The van der Waals surface area contributed by atoms with E-state index in [0.717, 1.165) is 21.3 Å². The SMILES string of the molecule is CCOC(=O)c1ccc(N2C(=O)c3n[nH]c(C)c3[C@H]2c2cccc(Br)c2)cc1. The van der Waals surface area contributed by atoms with E-state index in [0.29, 0.717) is 23.6 Å². The van der Waals surface area contributed by atoms with Gasteiger partial charge in [0.2, 0.25) is 0 Å². The number of amides is 1. The highest BCUT2D eigenvalue weighted by Gasteiger charge is 2.42. The van der Waals surface area contributed by atoms with Gasteiger partial charge < -0.3 is 4.74 Å². The summed E-state index contributed by atoms with van der Waals surface area (Å²) in [5.74, 6) is -0.553. The summed E-state index contributed by atoms with van der Waals surface area (Å²) >= 11 is 3.51. The molecule has 2 aromatic carbocycles. The van der Waals surface area contributed by atoms with E-state index in [1.54, 1.807) is 36.1 Å². The third-order valence-corrected chi connectivity index (χ3v) is 5.26. The van der Waals surface area contributed by atoms with Crippen molar-refractivity contribution in [3.63, 3.8) is 0 Å². The van der Waals surface area contributed by atoms with Crippen LogP contribution in [0.15, 0.2) is 53.0 Å². The van der Waals surface area contributed by atoms with Crippen molar-refractivity contribution < 1.29 is 14.3 Å². The van der Waals surface area contributed by atoms with Crippen LogP contribution in [0.3, 0.4) is 0 Å². The van der Waals surface area contributed by atoms with Crippen molar-refractivity contribution >= 4 is 33.5 Å². The molecule has 0 saturated carbocycles. The van der Waals surface area contributed by atoms with Crippen molar-refractivity contribution in [2.75, 3.05) is 11.5 Å². The lowest BCUT2D eigenvalue weighted by atomic mass is 9.99. The highest BCUT2D eigenvalue weighted by atomic mass is 79.9. The minimum atomic E-state index is -0.380. The van der Waals surface area contributed by atoms with Crippen molar-refractivity contribution in [3.05, 3.63) is 81.1 Å². The number of carbonyl (C=O) groups is 2. The number of anilines is 1. The first-order valence-corrected chi connectivity index (χ1v) is 9.71. The maximum Gasteiger partial charge on any atom is 0.338 e. The second kappa shape index (κ2) is 7.24. The first-order valence-electron chi connectivity index (χ1n) is 8.92. The van der Waals surface area contributed by atoms with Gasteiger partial charge in [0, 0.05) is 21.4 Å². The number of aryl methyl sites for hydroxylation is 1. The third kappa shape index (κ3) is 3.01. The Morgan fingerprint density at radius 2 is 2.00 bits per heavy atom. The van der Waals surface area contributed by atoms with Crippen LogP contribution in [-0.4, -0.2) is 28.7 Å². The lowest BCUT2D eigenvalue weighted by Crippen LogP contribution is -2.29. The third-order valence-electron chi connectivity index (χ3n) is 4.77. The summed E-state index contributed by atoms with van der Waals surface area (Å²) in [5, 5.41) is 7.14. The molecule has 0 saturated heterocycles. The zero-order chi connectivity index (χ0) is 19.8. The molecule has 0 unspecified atom stereocenters. The predicted molar refractivity (Wildman–Crippen MR) is 109 cm³/mol. The molecule has 4 rings (SSSR count). The molecule has 1 atom stereocenters. The number of rotatable bonds is 4. The molecule has 1 N–H and O–H groups in total. The van der Waals surface area contributed by atoms with Gasteiger partial charge in [0.25, 0.3) is 5.91 Å². The van der Waals surface area contributed by atoms with Crippen molar-refractivity contribution in [1.29, 1.82) is 0 Å². The van der Waals surface area contributed by atoms with Crippen LogP contribution in [-0.2, 0) is 4.74 Å². The molecule has 0 spiro atoms. The van der Waals surface area contributed by atoms with Crippen molar-refractivity contribution in [1.82, 2.24) is 10.2 Å². The first kappa shape index (κ1) is 18.4. The number of halogens is 1. The molecule has 6 nitrogen and oxygen atoms in total. The Labute approximate surface area is 170 Å². The van der Waals surface area contributed by atoms with Crippen LogP contribution in [0, 0.1) is 6.92 Å². The van der Waals surface area contributed by atoms with E-state index in [1.165, 1.54) is 0 Å². The Morgan fingerprint density at radius 1 is 1.25 bits per heavy atom. The molecule has 1 aliphatic rings. The number of ether oxygens (including phenoxy) is 1. The molecule has 28 heavy (non-hydrogen) atoms. The van der Waals surface area contributed by atoms with E-state index in [4.69, 9.17) is 4.74 Å². The van der Waals surface area contributed by atoms with Crippen LogP contribution < -0.4 is 4.90 Å². The number of aromatic nitrogens is 2. The number of nitrogens with zero attached hydrogens (tertiary/aromatic N) is 2. The summed E-state index contributed by atoms with van der Waals surface area (Å²) in [7, 11) is 0. The maximum atomic E-state index is 13.1. The van der Waals surface area contributed by atoms with Gasteiger partial charge in [-0.2, -0.15) is 5.10 Å². The quantitative estimate of drug-likeness (QED) is 0.610. The molecular weight excluding hydrogens is 422 g/mol. The topological polar surface area (TPSA) is 75.3 Å². The largest absolute Gasteiger partial charge is 0.462 e. The summed E-state index contributed by atoms with van der Waals surface area (Å²) in [6.07, 6.45) is 0. The lowest BCUT2D eigenvalue weighted by Gasteiger charge is -2.26. The summed E-state index contributed by atoms with van der Waals surface area (Å²) < 4.78 is 5.97. The maximum absolute atomic E-state index is 13.1. The average molecular weight is 440 g/mol. The number of hydrogen-bond donors (Lipinski definition) is 1. The minimum Gasteiger partial charge on any atom is -0.462 e. The van der Waals surface area contributed by atoms with E-state index in [1.807, 2.05) is 31.2 Å². The van der Waals surface area contributed by atoms with Gasteiger partial charge in [-0.3, -0.25) is 14.8 Å². The Hall–Kier alpha value is -2.93. The number of hydrogen-bond acceptors (Lipinski definition) is 4. The van der Waals surface area contributed by atoms with E-state index in [9.17, 15) is 9.59 Å². The van der Waals surface area contributed by atoms with Crippen molar-refractivity contribution in [2.45, 2.75) is 19.9 Å². The van der Waals surface area contributed by atoms with Gasteiger partial charge in [-0.1, -0.05) is 28.1 Å². The highest BCUT2D eigenvalue weighted by Crippen LogP contribution is 2.42. The van der Waals surface area contributed by atoms with Crippen molar-refractivity contribution in [2.24, 2.45) is 0 Å². The summed E-state index contributed by atoms with van der Waals surface area (Å²) in [6, 6.07) is 14.5. The van der Waals surface area contributed by atoms with Gasteiger partial charge in [-0.25, -0.2) is 4.79 Å². The number of nitrogens with one attached hydrogen (secondary N) is 1. The van der Waals surface area contributed by atoms with Crippen molar-refractivity contribution in [3.8, 4) is 0 Å². The molecule has 1 aliphatic heterocycles. The Kier molecular flexibility index (Phi) is 4.77. The van der Waals surface area contributed by atoms with Crippen LogP contribution in [0.5, 0.6) is 0 Å². The monoisotopic (exact) mass is 439 g/mol. The molecule has 7 heteroatoms. The fraction of sp³-hybridized carbons (Fsp3) is 0.190. The molecule has 0 radical (unpaired) electrons. The van der Waals surface area contributed by atoms with E-state index in [-0.39, 0.29) is 17.9 Å². The number of benzene rings is 2. The second-order valence-electron chi connectivity index (χ2n) is 6.51. The Bertz CT molecular complexity index is 1060. The molecular formula is C21H18BrN3O3. The fourth-order valence-corrected chi connectivity index (χ4v) is 3.94. The second-order valence-corrected chi connectivity index (χ2v) is 7.43. The average Bonchev–Trinajstić information content (AvgIpc) is 3.20. The number of fused-ring (bicyclic) bond motifs is 1. The van der Waals surface area contributed by atoms with Crippen LogP contribution in [0.1, 0.15) is 50.6 Å². The highest BCUT2D eigenvalue weighted by molar-refractivity contribution is 9.10. The van der Waals surface area contributed by atoms with E-state index in [2.05, 4.69) is 26.1 Å². The zero-order valence-electron chi connectivity index (χ0n) is 15.4. The normalized spacial score (nSPS) is 15.6. The number of aromatic amines is 1. The summed E-state index contributed by atoms with van der Waals surface area (Å²) in [5.41, 5.74) is 4.28. The van der Waals surface area contributed by atoms with Crippen LogP contribution >= 0.6 is 15.9 Å². The van der Waals surface area contributed by atoms with Gasteiger partial charge in [-0.15, -0.1) is 0 Å². The lowest BCUT2D eigenvalue weighted by molar-refractivity contribution is 0.0526. The van der Waals surface area contributed by atoms with Crippen LogP contribution in [0.2, 0.25) is 0 Å².